The Morgan fingerprint density at radius 3 is 2.25 bits per heavy atom. The maximum Gasteiger partial charge on any atom is 0.203 e. The van der Waals surface area contributed by atoms with Crippen molar-refractivity contribution in [3.05, 3.63) is 54.1 Å². The zero-order chi connectivity index (χ0) is 14.4. The lowest BCUT2D eigenvalue weighted by atomic mass is 10.2. The number of rotatable bonds is 6. The molecule has 2 aromatic carbocycles. The Labute approximate surface area is 120 Å². The molecule has 0 atom stereocenters. The van der Waals surface area contributed by atoms with Crippen LogP contribution in [0.15, 0.2) is 48.5 Å². The molecule has 0 aromatic heterocycles. The average molecular weight is 272 g/mol. The van der Waals surface area contributed by atoms with Crippen molar-refractivity contribution in [1.82, 2.24) is 0 Å². The van der Waals surface area contributed by atoms with Crippen LogP contribution < -0.4 is 14.2 Å². The molecule has 20 heavy (non-hydrogen) atoms. The van der Waals surface area contributed by atoms with Crippen LogP contribution >= 0.6 is 0 Å². The second-order valence-electron chi connectivity index (χ2n) is 4.73. The van der Waals surface area contributed by atoms with E-state index in [1.807, 2.05) is 62.4 Å². The molecule has 0 N–H and O–H groups in total. The second-order valence-corrected chi connectivity index (χ2v) is 4.73. The van der Waals surface area contributed by atoms with Gasteiger partial charge >= 0.3 is 0 Å². The van der Waals surface area contributed by atoms with E-state index in [0.29, 0.717) is 23.9 Å². The quantitative estimate of drug-likeness (QED) is 0.793. The number of methoxy groups -OCH3 is 1. The van der Waals surface area contributed by atoms with Gasteiger partial charge in [0.1, 0.15) is 6.61 Å². The molecule has 0 aliphatic carbocycles. The first-order valence-electron chi connectivity index (χ1n) is 6.71. The summed E-state index contributed by atoms with van der Waals surface area (Å²) in [5.74, 6) is 2.03. The van der Waals surface area contributed by atoms with Crippen LogP contribution in [0, 0.1) is 0 Å². The van der Waals surface area contributed by atoms with Crippen molar-refractivity contribution >= 4 is 0 Å². The highest BCUT2D eigenvalue weighted by Crippen LogP contribution is 2.38. The van der Waals surface area contributed by atoms with Crippen molar-refractivity contribution in [3.63, 3.8) is 0 Å². The summed E-state index contributed by atoms with van der Waals surface area (Å²) in [5.41, 5.74) is 1.12. The summed E-state index contributed by atoms with van der Waals surface area (Å²) in [4.78, 5) is 0. The fourth-order valence-electron chi connectivity index (χ4n) is 1.86. The minimum Gasteiger partial charge on any atom is -0.493 e. The zero-order valence-corrected chi connectivity index (χ0v) is 12.1. The molecule has 3 heteroatoms. The molecular formula is C17H20O3. The average Bonchev–Trinajstić information content (AvgIpc) is 2.46. The molecule has 0 unspecified atom stereocenters. The molecule has 0 amide bonds. The highest BCUT2D eigenvalue weighted by Gasteiger charge is 2.13. The van der Waals surface area contributed by atoms with Crippen molar-refractivity contribution in [2.75, 3.05) is 7.11 Å². The van der Waals surface area contributed by atoms with Crippen molar-refractivity contribution in [1.29, 1.82) is 0 Å². The van der Waals surface area contributed by atoms with Crippen molar-refractivity contribution in [3.8, 4) is 17.2 Å². The lowest BCUT2D eigenvalue weighted by Crippen LogP contribution is -2.08. The molecule has 0 radical (unpaired) electrons. The molecule has 0 fully saturated rings. The Bertz CT molecular complexity index is 535. The van der Waals surface area contributed by atoms with Crippen LogP contribution in [0.1, 0.15) is 19.4 Å². The number of hydrogen-bond donors (Lipinski definition) is 0. The van der Waals surface area contributed by atoms with Gasteiger partial charge in [-0.25, -0.2) is 0 Å². The molecule has 0 saturated heterocycles. The van der Waals surface area contributed by atoms with E-state index in [4.69, 9.17) is 14.2 Å². The summed E-state index contributed by atoms with van der Waals surface area (Å²) >= 11 is 0. The Kier molecular flexibility index (Phi) is 4.88. The van der Waals surface area contributed by atoms with E-state index in [1.165, 1.54) is 0 Å². The van der Waals surface area contributed by atoms with Crippen LogP contribution in [0.2, 0.25) is 0 Å². The van der Waals surface area contributed by atoms with Crippen molar-refractivity contribution < 1.29 is 14.2 Å². The van der Waals surface area contributed by atoms with Gasteiger partial charge in [0.05, 0.1) is 13.2 Å². The van der Waals surface area contributed by atoms with Gasteiger partial charge in [-0.2, -0.15) is 0 Å². The summed E-state index contributed by atoms with van der Waals surface area (Å²) in [6, 6.07) is 15.7. The number of ether oxygens (including phenoxy) is 3. The van der Waals surface area contributed by atoms with E-state index in [1.54, 1.807) is 7.11 Å². The maximum atomic E-state index is 5.86. The van der Waals surface area contributed by atoms with Gasteiger partial charge in [-0.15, -0.1) is 0 Å². The molecule has 2 aromatic rings. The largest absolute Gasteiger partial charge is 0.493 e. The molecule has 3 nitrogen and oxygen atoms in total. The van der Waals surface area contributed by atoms with Gasteiger partial charge < -0.3 is 14.2 Å². The Hall–Kier alpha value is -2.16. The number of para-hydroxylation sites is 1. The fraction of sp³-hybridized carbons (Fsp3) is 0.294. The summed E-state index contributed by atoms with van der Waals surface area (Å²) in [6.45, 7) is 4.46. The highest BCUT2D eigenvalue weighted by atomic mass is 16.5. The van der Waals surface area contributed by atoms with Crippen LogP contribution in [-0.2, 0) is 6.61 Å². The Morgan fingerprint density at radius 1 is 0.900 bits per heavy atom. The molecule has 0 aliphatic rings. The van der Waals surface area contributed by atoms with Crippen LogP contribution in [-0.4, -0.2) is 13.2 Å². The molecule has 0 bridgehead atoms. The molecule has 0 heterocycles. The van der Waals surface area contributed by atoms with Gasteiger partial charge in [-0.1, -0.05) is 36.4 Å². The van der Waals surface area contributed by atoms with E-state index >= 15 is 0 Å². The fourth-order valence-corrected chi connectivity index (χ4v) is 1.86. The van der Waals surface area contributed by atoms with E-state index in [9.17, 15) is 0 Å². The van der Waals surface area contributed by atoms with Crippen LogP contribution in [0.5, 0.6) is 17.2 Å². The molecule has 0 saturated carbocycles. The first kappa shape index (κ1) is 14.3. The predicted octanol–water partition coefficient (Wildman–Crippen LogP) is 4.06. The van der Waals surface area contributed by atoms with Crippen LogP contribution in [0.4, 0.5) is 0 Å². The zero-order valence-electron chi connectivity index (χ0n) is 12.1. The SMILES string of the molecule is COc1cccc(OCc2ccccc2)c1OC(C)C. The minimum absolute atomic E-state index is 0.0605. The normalized spacial score (nSPS) is 10.4. The van der Waals surface area contributed by atoms with Crippen LogP contribution in [0.3, 0.4) is 0 Å². The summed E-state index contributed by atoms with van der Waals surface area (Å²) in [5, 5.41) is 0. The summed E-state index contributed by atoms with van der Waals surface area (Å²) < 4.78 is 17.0. The minimum atomic E-state index is 0.0605. The third-order valence-corrected chi connectivity index (χ3v) is 2.75. The van der Waals surface area contributed by atoms with Gasteiger partial charge in [0.2, 0.25) is 5.75 Å². The second kappa shape index (κ2) is 6.85. The van der Waals surface area contributed by atoms with Crippen molar-refractivity contribution in [2.24, 2.45) is 0 Å². The van der Waals surface area contributed by atoms with E-state index in [0.717, 1.165) is 5.56 Å². The monoisotopic (exact) mass is 272 g/mol. The lowest BCUT2D eigenvalue weighted by Gasteiger charge is -2.17. The number of benzene rings is 2. The van der Waals surface area contributed by atoms with Gasteiger partial charge in [0.25, 0.3) is 0 Å². The van der Waals surface area contributed by atoms with Gasteiger partial charge in [0.15, 0.2) is 11.5 Å². The Balaban J connectivity index is 2.18. The number of hydrogen-bond acceptors (Lipinski definition) is 3. The molecular weight excluding hydrogens is 252 g/mol. The third kappa shape index (κ3) is 3.67. The highest BCUT2D eigenvalue weighted by molar-refractivity contribution is 5.51. The van der Waals surface area contributed by atoms with Gasteiger partial charge in [-0.3, -0.25) is 0 Å². The molecule has 2 rings (SSSR count). The molecule has 0 spiro atoms. The first-order valence-corrected chi connectivity index (χ1v) is 6.71. The van der Waals surface area contributed by atoms with E-state index in [-0.39, 0.29) is 6.10 Å². The Morgan fingerprint density at radius 2 is 1.60 bits per heavy atom. The topological polar surface area (TPSA) is 27.7 Å². The van der Waals surface area contributed by atoms with E-state index in [2.05, 4.69) is 0 Å². The van der Waals surface area contributed by atoms with Crippen molar-refractivity contribution in [2.45, 2.75) is 26.6 Å². The van der Waals surface area contributed by atoms with E-state index < -0.39 is 0 Å². The molecule has 0 aliphatic heterocycles. The standard InChI is InChI=1S/C17H20O3/c1-13(2)20-17-15(18-3)10-7-11-16(17)19-12-14-8-5-4-6-9-14/h4-11,13H,12H2,1-3H3. The summed E-state index contributed by atoms with van der Waals surface area (Å²) in [7, 11) is 1.63. The maximum absolute atomic E-state index is 5.86. The van der Waals surface area contributed by atoms with Gasteiger partial charge in [0, 0.05) is 0 Å². The molecule has 106 valence electrons. The summed E-state index contributed by atoms with van der Waals surface area (Å²) in [6.07, 6.45) is 0.0605. The first-order chi connectivity index (χ1) is 9.70. The lowest BCUT2D eigenvalue weighted by molar-refractivity contribution is 0.208. The van der Waals surface area contributed by atoms with Gasteiger partial charge in [-0.05, 0) is 31.5 Å². The smallest absolute Gasteiger partial charge is 0.203 e. The third-order valence-electron chi connectivity index (χ3n) is 2.75. The van der Waals surface area contributed by atoms with Crippen LogP contribution in [0.25, 0.3) is 0 Å². The predicted molar refractivity (Wildman–Crippen MR) is 79.5 cm³/mol.